The maximum Gasteiger partial charge on any atom is 0.306 e. The van der Waals surface area contributed by atoms with Gasteiger partial charge in [-0.05, 0) is 96.3 Å². The van der Waals surface area contributed by atoms with Crippen LogP contribution in [0.25, 0.3) is 0 Å². The van der Waals surface area contributed by atoms with E-state index < -0.39 is 6.10 Å². The van der Waals surface area contributed by atoms with Crippen LogP contribution in [0.15, 0.2) is 85.1 Å². The molecule has 0 saturated heterocycles. The number of esters is 3. The fourth-order valence-electron chi connectivity index (χ4n) is 9.44. The molecule has 0 amide bonds. The van der Waals surface area contributed by atoms with Gasteiger partial charge in [0.1, 0.15) is 13.2 Å². The highest BCUT2D eigenvalue weighted by atomic mass is 16.6. The average molecular weight is 1070 g/mol. The molecule has 0 aromatic rings. The zero-order valence-corrected chi connectivity index (χ0v) is 51.0. The van der Waals surface area contributed by atoms with Gasteiger partial charge in [0.25, 0.3) is 0 Å². The van der Waals surface area contributed by atoms with Crippen molar-refractivity contribution in [2.24, 2.45) is 0 Å². The van der Waals surface area contributed by atoms with E-state index in [0.717, 1.165) is 96.3 Å². The van der Waals surface area contributed by atoms with Crippen molar-refractivity contribution >= 4 is 17.9 Å². The standard InChI is InChI=1S/C71H124O6/c1-4-7-10-13-16-18-20-22-24-26-28-30-31-32-33-34-35-36-37-38-39-41-42-44-46-48-50-52-55-58-61-64-70(73)76-67-68(66-75-69(72)63-60-57-54-15-12-9-6-3)77-71(74)65-62-59-56-53-51-49-47-45-43-40-29-27-25-23-21-19-17-14-11-8-5-2/h7,10,16,18,21-24,27-30,32-33,68H,4-6,8-9,11-15,17,19-20,25-26,31,34-67H2,1-3H3/b10-7-,18-16-,23-21-,24-22-,29-27-,30-28-,33-32-. The lowest BCUT2D eigenvalue weighted by atomic mass is 10.0. The van der Waals surface area contributed by atoms with Crippen LogP contribution in [-0.4, -0.2) is 37.2 Å². The summed E-state index contributed by atoms with van der Waals surface area (Å²) in [5.74, 6) is -0.872. The molecule has 6 nitrogen and oxygen atoms in total. The van der Waals surface area contributed by atoms with Crippen LogP contribution in [0.3, 0.4) is 0 Å². The Morgan fingerprint density at radius 3 is 0.792 bits per heavy atom. The molecule has 444 valence electrons. The quantitative estimate of drug-likeness (QED) is 0.0261. The SMILES string of the molecule is CC/C=C\C/C=C\C/C=C\C/C=C\C/C=C\CCCCCCCCCCCCCCCCCC(=O)OCC(COC(=O)CCCCCCCCC)OC(=O)CCCCCCCCCCC/C=C\C/C=C\CCCCCCC. The summed E-state index contributed by atoms with van der Waals surface area (Å²) in [6.45, 7) is 6.50. The molecule has 0 aromatic carbocycles. The van der Waals surface area contributed by atoms with Crippen molar-refractivity contribution in [3.63, 3.8) is 0 Å². The Morgan fingerprint density at radius 2 is 0.506 bits per heavy atom. The van der Waals surface area contributed by atoms with Gasteiger partial charge in [-0.25, -0.2) is 0 Å². The van der Waals surface area contributed by atoms with Gasteiger partial charge in [-0.2, -0.15) is 0 Å². The van der Waals surface area contributed by atoms with Crippen LogP contribution >= 0.6 is 0 Å². The molecule has 0 bridgehead atoms. The summed E-state index contributed by atoms with van der Waals surface area (Å²) in [4.78, 5) is 38.1. The topological polar surface area (TPSA) is 78.9 Å². The summed E-state index contributed by atoms with van der Waals surface area (Å²) in [6, 6.07) is 0. The summed E-state index contributed by atoms with van der Waals surface area (Å²) < 4.78 is 16.9. The van der Waals surface area contributed by atoms with E-state index in [1.54, 1.807) is 0 Å². The molecule has 0 saturated carbocycles. The normalized spacial score (nSPS) is 12.6. The second-order valence-electron chi connectivity index (χ2n) is 22.0. The molecule has 0 aromatic heterocycles. The van der Waals surface area contributed by atoms with E-state index in [1.165, 1.54) is 193 Å². The van der Waals surface area contributed by atoms with E-state index in [1.807, 2.05) is 0 Å². The third-order valence-corrected chi connectivity index (χ3v) is 14.4. The van der Waals surface area contributed by atoms with Crippen molar-refractivity contribution in [3.8, 4) is 0 Å². The van der Waals surface area contributed by atoms with E-state index in [-0.39, 0.29) is 31.1 Å². The highest BCUT2D eigenvalue weighted by Crippen LogP contribution is 2.17. The number of rotatable bonds is 60. The third-order valence-electron chi connectivity index (χ3n) is 14.4. The largest absolute Gasteiger partial charge is 0.462 e. The minimum absolute atomic E-state index is 0.0746. The number of unbranched alkanes of at least 4 members (excludes halogenated alkanes) is 35. The monoisotopic (exact) mass is 1070 g/mol. The molecule has 1 atom stereocenters. The molecule has 77 heavy (non-hydrogen) atoms. The molecule has 0 heterocycles. The maximum absolute atomic E-state index is 12.9. The molecule has 0 aliphatic heterocycles. The Hall–Kier alpha value is -3.41. The molecule has 0 N–H and O–H groups in total. The van der Waals surface area contributed by atoms with Crippen LogP contribution < -0.4 is 0 Å². The highest BCUT2D eigenvalue weighted by Gasteiger charge is 2.19. The van der Waals surface area contributed by atoms with Crippen LogP contribution in [0.1, 0.15) is 329 Å². The van der Waals surface area contributed by atoms with Crippen molar-refractivity contribution in [1.82, 2.24) is 0 Å². The molecule has 1 unspecified atom stereocenters. The Balaban J connectivity index is 4.07. The Morgan fingerprint density at radius 1 is 0.273 bits per heavy atom. The first kappa shape index (κ1) is 73.6. The summed E-state index contributed by atoms with van der Waals surface area (Å²) in [7, 11) is 0. The molecule has 6 heteroatoms. The van der Waals surface area contributed by atoms with Crippen molar-refractivity contribution in [2.75, 3.05) is 13.2 Å². The van der Waals surface area contributed by atoms with Crippen molar-refractivity contribution in [1.29, 1.82) is 0 Å². The van der Waals surface area contributed by atoms with E-state index in [9.17, 15) is 14.4 Å². The van der Waals surface area contributed by atoms with E-state index >= 15 is 0 Å². The zero-order chi connectivity index (χ0) is 55.7. The van der Waals surface area contributed by atoms with Crippen LogP contribution in [-0.2, 0) is 28.6 Å². The number of carbonyl (C=O) groups excluding carboxylic acids is 3. The summed E-state index contributed by atoms with van der Waals surface area (Å²) in [6.07, 6.45) is 86.2. The van der Waals surface area contributed by atoms with Crippen molar-refractivity contribution < 1.29 is 28.6 Å². The minimum atomic E-state index is -0.775. The maximum atomic E-state index is 12.9. The molecule has 0 radical (unpaired) electrons. The highest BCUT2D eigenvalue weighted by molar-refractivity contribution is 5.71. The Bertz CT molecular complexity index is 1470. The molecule has 0 aliphatic rings. The van der Waals surface area contributed by atoms with Gasteiger partial charge < -0.3 is 14.2 Å². The Kier molecular flexibility index (Phi) is 62.2. The molecule has 0 fully saturated rings. The van der Waals surface area contributed by atoms with Crippen molar-refractivity contribution in [3.05, 3.63) is 85.1 Å². The summed E-state index contributed by atoms with van der Waals surface area (Å²) in [5.41, 5.74) is 0. The van der Waals surface area contributed by atoms with Crippen LogP contribution in [0.2, 0.25) is 0 Å². The first-order valence-electron chi connectivity index (χ1n) is 33.1. The van der Waals surface area contributed by atoms with Gasteiger partial charge in [0.05, 0.1) is 0 Å². The predicted molar refractivity (Wildman–Crippen MR) is 334 cm³/mol. The second-order valence-corrected chi connectivity index (χ2v) is 22.0. The first-order chi connectivity index (χ1) is 38.0. The molecule has 0 aliphatic carbocycles. The first-order valence-corrected chi connectivity index (χ1v) is 33.1. The van der Waals surface area contributed by atoms with Gasteiger partial charge in [0, 0.05) is 19.3 Å². The molecule has 0 rings (SSSR count). The lowest BCUT2D eigenvalue weighted by Gasteiger charge is -2.18. The summed E-state index contributed by atoms with van der Waals surface area (Å²) >= 11 is 0. The van der Waals surface area contributed by atoms with Gasteiger partial charge >= 0.3 is 17.9 Å². The fraction of sp³-hybridized carbons (Fsp3) is 0.761. The third kappa shape index (κ3) is 63.3. The van der Waals surface area contributed by atoms with Gasteiger partial charge in [-0.1, -0.05) is 298 Å². The molecular weight excluding hydrogens is 949 g/mol. The number of carbonyl (C=O) groups is 3. The molecule has 0 spiro atoms. The van der Waals surface area contributed by atoms with Gasteiger partial charge in [0.2, 0.25) is 0 Å². The molecular formula is C71H124O6. The number of hydrogen-bond acceptors (Lipinski definition) is 6. The smallest absolute Gasteiger partial charge is 0.306 e. The van der Waals surface area contributed by atoms with Gasteiger partial charge in [-0.15, -0.1) is 0 Å². The van der Waals surface area contributed by atoms with Gasteiger partial charge in [-0.3, -0.25) is 14.4 Å². The fourth-order valence-corrected chi connectivity index (χ4v) is 9.44. The van der Waals surface area contributed by atoms with Crippen LogP contribution in [0, 0.1) is 0 Å². The number of hydrogen-bond donors (Lipinski definition) is 0. The van der Waals surface area contributed by atoms with Gasteiger partial charge in [0.15, 0.2) is 6.10 Å². The summed E-state index contributed by atoms with van der Waals surface area (Å²) in [5, 5.41) is 0. The van der Waals surface area contributed by atoms with E-state index in [2.05, 4.69) is 106 Å². The lowest BCUT2D eigenvalue weighted by molar-refractivity contribution is -0.167. The number of allylic oxidation sites excluding steroid dienone is 14. The Labute approximate surface area is 477 Å². The van der Waals surface area contributed by atoms with Crippen LogP contribution in [0.5, 0.6) is 0 Å². The predicted octanol–water partition coefficient (Wildman–Crippen LogP) is 22.7. The minimum Gasteiger partial charge on any atom is -0.462 e. The second kappa shape index (κ2) is 65.1. The van der Waals surface area contributed by atoms with E-state index in [0.29, 0.717) is 19.3 Å². The van der Waals surface area contributed by atoms with E-state index in [4.69, 9.17) is 14.2 Å². The van der Waals surface area contributed by atoms with Crippen molar-refractivity contribution in [2.45, 2.75) is 335 Å². The average Bonchev–Trinajstić information content (AvgIpc) is 3.43. The number of ether oxygens (including phenoxy) is 3. The van der Waals surface area contributed by atoms with Crippen LogP contribution in [0.4, 0.5) is 0 Å². The lowest BCUT2D eigenvalue weighted by Crippen LogP contribution is -2.30. The zero-order valence-electron chi connectivity index (χ0n) is 51.0.